The zero-order chi connectivity index (χ0) is 20.4. The summed E-state index contributed by atoms with van der Waals surface area (Å²) in [5, 5.41) is 2.79. The minimum atomic E-state index is -0.497. The van der Waals surface area contributed by atoms with Gasteiger partial charge in [-0.25, -0.2) is 9.78 Å². The molecule has 0 radical (unpaired) electrons. The predicted molar refractivity (Wildman–Crippen MR) is 102 cm³/mol. The molecule has 28 heavy (non-hydrogen) atoms. The molecule has 0 aliphatic rings. The van der Waals surface area contributed by atoms with Crippen molar-refractivity contribution >= 4 is 17.1 Å². The van der Waals surface area contributed by atoms with Crippen molar-refractivity contribution in [2.45, 2.75) is 13.1 Å². The molecule has 0 atom stereocenters. The number of nitrogens with zero attached hydrogens (tertiary/aromatic N) is 4. The standard InChI is InChI=1S/C18H21N5O5/c1-21-16-15(17(25)22(2)18(21)26)23(10-20-16)9-14(24)19-8-11-5-6-12(27-3)13(7-11)28-4/h5-7,10H,8-9H2,1-4H3,(H,19,24). The van der Waals surface area contributed by atoms with Crippen molar-refractivity contribution in [2.75, 3.05) is 14.2 Å². The Balaban J connectivity index is 1.78. The maximum atomic E-state index is 12.4. The molecule has 0 unspecified atom stereocenters. The lowest BCUT2D eigenvalue weighted by Gasteiger charge is -2.11. The Bertz CT molecular complexity index is 1160. The van der Waals surface area contributed by atoms with E-state index in [-0.39, 0.29) is 30.2 Å². The van der Waals surface area contributed by atoms with Gasteiger partial charge in [0.2, 0.25) is 5.91 Å². The number of rotatable bonds is 6. The second-order valence-electron chi connectivity index (χ2n) is 6.22. The van der Waals surface area contributed by atoms with Crippen molar-refractivity contribution in [3.63, 3.8) is 0 Å². The third-order valence-corrected chi connectivity index (χ3v) is 4.47. The van der Waals surface area contributed by atoms with Crippen molar-refractivity contribution in [3.8, 4) is 11.5 Å². The molecule has 2 aromatic heterocycles. The van der Waals surface area contributed by atoms with E-state index in [1.165, 1.54) is 36.7 Å². The first kappa shape index (κ1) is 19.2. The number of nitrogens with one attached hydrogen (secondary N) is 1. The minimum Gasteiger partial charge on any atom is -0.493 e. The van der Waals surface area contributed by atoms with Crippen molar-refractivity contribution in [2.24, 2.45) is 14.1 Å². The lowest BCUT2D eigenvalue weighted by Crippen LogP contribution is -2.38. The molecule has 0 fully saturated rings. The molecule has 0 saturated heterocycles. The highest BCUT2D eigenvalue weighted by molar-refractivity contribution is 5.78. The second kappa shape index (κ2) is 7.59. The van der Waals surface area contributed by atoms with Crippen LogP contribution in [0, 0.1) is 0 Å². The van der Waals surface area contributed by atoms with Gasteiger partial charge in [-0.3, -0.25) is 18.7 Å². The Morgan fingerprint density at radius 2 is 1.82 bits per heavy atom. The van der Waals surface area contributed by atoms with E-state index in [0.29, 0.717) is 11.5 Å². The van der Waals surface area contributed by atoms with Gasteiger partial charge in [-0.15, -0.1) is 0 Å². The number of carbonyl (C=O) groups is 1. The van der Waals surface area contributed by atoms with E-state index in [1.807, 2.05) is 6.07 Å². The molecule has 1 amide bonds. The highest BCUT2D eigenvalue weighted by Gasteiger charge is 2.16. The molecule has 0 aliphatic carbocycles. The number of fused-ring (bicyclic) bond motifs is 1. The predicted octanol–water partition coefficient (Wildman–Crippen LogP) is -0.233. The zero-order valence-corrected chi connectivity index (χ0v) is 16.1. The topological polar surface area (TPSA) is 109 Å². The first-order valence-corrected chi connectivity index (χ1v) is 8.45. The summed E-state index contributed by atoms with van der Waals surface area (Å²) in [6, 6.07) is 5.35. The molecular formula is C18H21N5O5. The summed E-state index contributed by atoms with van der Waals surface area (Å²) in [7, 11) is 6.00. The van der Waals surface area contributed by atoms with Crippen LogP contribution in [0.4, 0.5) is 0 Å². The third kappa shape index (κ3) is 3.36. The molecule has 148 valence electrons. The minimum absolute atomic E-state index is 0.1000. The van der Waals surface area contributed by atoms with Crippen LogP contribution in [-0.4, -0.2) is 38.8 Å². The number of amides is 1. The number of methoxy groups -OCH3 is 2. The van der Waals surface area contributed by atoms with Crippen LogP contribution in [0.15, 0.2) is 34.1 Å². The van der Waals surface area contributed by atoms with E-state index < -0.39 is 11.2 Å². The number of imidazole rings is 1. The lowest BCUT2D eigenvalue weighted by atomic mass is 10.2. The quantitative estimate of drug-likeness (QED) is 0.626. The largest absolute Gasteiger partial charge is 0.493 e. The van der Waals surface area contributed by atoms with Crippen molar-refractivity contribution in [1.82, 2.24) is 24.0 Å². The Morgan fingerprint density at radius 1 is 1.11 bits per heavy atom. The van der Waals surface area contributed by atoms with E-state index in [0.717, 1.165) is 10.1 Å². The highest BCUT2D eigenvalue weighted by atomic mass is 16.5. The second-order valence-corrected chi connectivity index (χ2v) is 6.22. The van der Waals surface area contributed by atoms with E-state index in [1.54, 1.807) is 19.2 Å². The van der Waals surface area contributed by atoms with Crippen LogP contribution >= 0.6 is 0 Å². The number of ether oxygens (including phenoxy) is 2. The Kier molecular flexibility index (Phi) is 5.21. The number of carbonyl (C=O) groups excluding carboxylic acids is 1. The van der Waals surface area contributed by atoms with Crippen molar-refractivity contribution in [1.29, 1.82) is 0 Å². The maximum absolute atomic E-state index is 12.4. The average molecular weight is 387 g/mol. The fourth-order valence-corrected chi connectivity index (χ4v) is 2.92. The molecule has 10 nitrogen and oxygen atoms in total. The summed E-state index contributed by atoms with van der Waals surface area (Å²) in [5.74, 6) is 0.869. The van der Waals surface area contributed by atoms with Crippen LogP contribution in [-0.2, 0) is 32.0 Å². The smallest absolute Gasteiger partial charge is 0.332 e. The monoisotopic (exact) mass is 387 g/mol. The summed E-state index contributed by atoms with van der Waals surface area (Å²) in [5.41, 5.74) is 0.301. The van der Waals surface area contributed by atoms with E-state index in [2.05, 4.69) is 10.3 Å². The molecule has 3 rings (SSSR count). The van der Waals surface area contributed by atoms with Crippen LogP contribution in [0.1, 0.15) is 5.56 Å². The Labute approximate surface area is 159 Å². The molecule has 0 spiro atoms. The molecule has 1 N–H and O–H groups in total. The van der Waals surface area contributed by atoms with Gasteiger partial charge in [0.25, 0.3) is 5.56 Å². The van der Waals surface area contributed by atoms with Gasteiger partial charge in [-0.1, -0.05) is 6.07 Å². The van der Waals surface area contributed by atoms with Gasteiger partial charge < -0.3 is 19.4 Å². The summed E-state index contributed by atoms with van der Waals surface area (Å²) < 4.78 is 14.1. The fourth-order valence-electron chi connectivity index (χ4n) is 2.92. The van der Waals surface area contributed by atoms with Gasteiger partial charge in [-0.05, 0) is 17.7 Å². The summed E-state index contributed by atoms with van der Waals surface area (Å²) in [6.07, 6.45) is 1.38. The van der Waals surface area contributed by atoms with Gasteiger partial charge in [0, 0.05) is 20.6 Å². The summed E-state index contributed by atoms with van der Waals surface area (Å²) >= 11 is 0. The normalized spacial score (nSPS) is 10.9. The molecular weight excluding hydrogens is 366 g/mol. The fraction of sp³-hybridized carbons (Fsp3) is 0.333. The van der Waals surface area contributed by atoms with E-state index in [9.17, 15) is 14.4 Å². The number of benzene rings is 1. The van der Waals surface area contributed by atoms with Crippen LogP contribution in [0.5, 0.6) is 11.5 Å². The van der Waals surface area contributed by atoms with Crippen molar-refractivity contribution < 1.29 is 14.3 Å². The Hall–Kier alpha value is -3.56. The molecule has 10 heteroatoms. The van der Waals surface area contributed by atoms with Crippen LogP contribution < -0.4 is 26.0 Å². The van der Waals surface area contributed by atoms with Gasteiger partial charge in [0.1, 0.15) is 6.54 Å². The average Bonchev–Trinajstić information content (AvgIpc) is 3.12. The first-order chi connectivity index (χ1) is 13.4. The maximum Gasteiger partial charge on any atom is 0.332 e. The number of aromatic nitrogens is 4. The van der Waals surface area contributed by atoms with E-state index in [4.69, 9.17) is 9.47 Å². The number of aryl methyl sites for hydroxylation is 1. The third-order valence-electron chi connectivity index (χ3n) is 4.47. The Morgan fingerprint density at radius 3 is 2.50 bits per heavy atom. The molecule has 0 saturated carbocycles. The van der Waals surface area contributed by atoms with Crippen molar-refractivity contribution in [3.05, 3.63) is 50.9 Å². The molecule has 3 aromatic rings. The zero-order valence-electron chi connectivity index (χ0n) is 16.1. The highest BCUT2D eigenvalue weighted by Crippen LogP contribution is 2.27. The summed E-state index contributed by atoms with van der Waals surface area (Å²) in [4.78, 5) is 40.8. The van der Waals surface area contributed by atoms with Crippen LogP contribution in [0.2, 0.25) is 0 Å². The molecule has 1 aromatic carbocycles. The van der Waals surface area contributed by atoms with Crippen LogP contribution in [0.25, 0.3) is 11.2 Å². The van der Waals surface area contributed by atoms with E-state index >= 15 is 0 Å². The lowest BCUT2D eigenvalue weighted by molar-refractivity contribution is -0.121. The molecule has 0 bridgehead atoms. The summed E-state index contributed by atoms with van der Waals surface area (Å²) in [6.45, 7) is 0.180. The van der Waals surface area contributed by atoms with Gasteiger partial charge in [0.05, 0.1) is 20.5 Å². The molecule has 2 heterocycles. The first-order valence-electron chi connectivity index (χ1n) is 8.45. The van der Waals surface area contributed by atoms with Gasteiger partial charge in [-0.2, -0.15) is 0 Å². The SMILES string of the molecule is COc1ccc(CNC(=O)Cn2cnc3c2c(=O)n(C)c(=O)n3C)cc1OC. The number of hydrogen-bond donors (Lipinski definition) is 1. The van der Waals surface area contributed by atoms with Crippen LogP contribution in [0.3, 0.4) is 0 Å². The van der Waals surface area contributed by atoms with Gasteiger partial charge >= 0.3 is 5.69 Å². The molecule has 0 aliphatic heterocycles. The van der Waals surface area contributed by atoms with Gasteiger partial charge in [0.15, 0.2) is 22.7 Å². The number of hydrogen-bond acceptors (Lipinski definition) is 6.